The van der Waals surface area contributed by atoms with Gasteiger partial charge in [-0.05, 0) is 50.8 Å². The third kappa shape index (κ3) is 1.92. The molecule has 0 aromatic carbocycles. The highest BCUT2D eigenvalue weighted by molar-refractivity contribution is 5.50. The van der Waals surface area contributed by atoms with Crippen molar-refractivity contribution in [3.05, 3.63) is 23.4 Å². The zero-order valence-corrected chi connectivity index (χ0v) is 10.5. The average Bonchev–Trinajstić information content (AvgIpc) is 2.58. The fourth-order valence-corrected chi connectivity index (χ4v) is 2.52. The number of nitrogens with two attached hydrogens (primary N) is 1. The Morgan fingerprint density at radius 1 is 1.50 bits per heavy atom. The molecule has 0 aliphatic carbocycles. The maximum Gasteiger partial charge on any atom is 0.131 e. The maximum atomic E-state index is 5.62. The van der Waals surface area contributed by atoms with E-state index in [0.717, 1.165) is 17.9 Å². The van der Waals surface area contributed by atoms with Crippen LogP contribution in [0.2, 0.25) is 0 Å². The van der Waals surface area contributed by atoms with Gasteiger partial charge in [0.15, 0.2) is 0 Å². The van der Waals surface area contributed by atoms with Crippen molar-refractivity contribution in [2.75, 3.05) is 11.4 Å². The lowest BCUT2D eigenvalue weighted by molar-refractivity contribution is 0.513. The SMILES string of the molecule is Cc1cc(CN)cnc1N1CCCC1(C)C. The molecule has 0 bridgehead atoms. The maximum absolute atomic E-state index is 5.62. The number of rotatable bonds is 2. The molecule has 16 heavy (non-hydrogen) atoms. The topological polar surface area (TPSA) is 42.1 Å². The number of nitrogens with zero attached hydrogens (tertiary/aromatic N) is 2. The third-order valence-corrected chi connectivity index (χ3v) is 3.50. The number of anilines is 1. The van der Waals surface area contributed by atoms with Crippen LogP contribution < -0.4 is 10.6 Å². The molecule has 0 saturated carbocycles. The van der Waals surface area contributed by atoms with Crippen LogP contribution in [0.5, 0.6) is 0 Å². The minimum absolute atomic E-state index is 0.238. The number of pyridine rings is 1. The van der Waals surface area contributed by atoms with Crippen LogP contribution in [0.3, 0.4) is 0 Å². The molecular weight excluding hydrogens is 198 g/mol. The van der Waals surface area contributed by atoms with Gasteiger partial charge in [0.1, 0.15) is 5.82 Å². The smallest absolute Gasteiger partial charge is 0.131 e. The summed E-state index contributed by atoms with van der Waals surface area (Å²) in [7, 11) is 0. The molecule has 1 aromatic heterocycles. The largest absolute Gasteiger partial charge is 0.351 e. The van der Waals surface area contributed by atoms with Crippen molar-refractivity contribution in [3.63, 3.8) is 0 Å². The number of hydrogen-bond acceptors (Lipinski definition) is 3. The molecule has 0 spiro atoms. The van der Waals surface area contributed by atoms with E-state index < -0.39 is 0 Å². The van der Waals surface area contributed by atoms with Gasteiger partial charge in [-0.15, -0.1) is 0 Å². The lowest BCUT2D eigenvalue weighted by Gasteiger charge is -2.33. The van der Waals surface area contributed by atoms with E-state index in [2.05, 4.69) is 36.7 Å². The van der Waals surface area contributed by atoms with E-state index >= 15 is 0 Å². The number of hydrogen-bond donors (Lipinski definition) is 1. The highest BCUT2D eigenvalue weighted by Crippen LogP contribution is 2.33. The van der Waals surface area contributed by atoms with Crippen LogP contribution in [-0.4, -0.2) is 17.1 Å². The molecule has 88 valence electrons. The van der Waals surface area contributed by atoms with Gasteiger partial charge in [0.25, 0.3) is 0 Å². The van der Waals surface area contributed by atoms with Crippen molar-refractivity contribution in [2.24, 2.45) is 5.73 Å². The predicted molar refractivity (Wildman–Crippen MR) is 67.5 cm³/mol. The lowest BCUT2D eigenvalue weighted by Crippen LogP contribution is -2.39. The van der Waals surface area contributed by atoms with Gasteiger partial charge >= 0.3 is 0 Å². The number of aromatic nitrogens is 1. The molecule has 2 heterocycles. The van der Waals surface area contributed by atoms with E-state index in [1.807, 2.05) is 6.20 Å². The molecule has 1 aliphatic heterocycles. The summed E-state index contributed by atoms with van der Waals surface area (Å²) in [5.74, 6) is 1.12. The Kier molecular flexibility index (Phi) is 2.89. The van der Waals surface area contributed by atoms with E-state index in [9.17, 15) is 0 Å². The van der Waals surface area contributed by atoms with E-state index in [4.69, 9.17) is 5.73 Å². The Labute approximate surface area is 97.7 Å². The molecule has 1 saturated heterocycles. The molecule has 3 heteroatoms. The van der Waals surface area contributed by atoms with Gasteiger partial charge in [0.2, 0.25) is 0 Å². The molecule has 0 atom stereocenters. The summed E-state index contributed by atoms with van der Waals surface area (Å²) in [6, 6.07) is 2.15. The minimum atomic E-state index is 0.238. The van der Waals surface area contributed by atoms with Gasteiger partial charge in [-0.1, -0.05) is 0 Å². The van der Waals surface area contributed by atoms with Gasteiger partial charge in [0, 0.05) is 24.8 Å². The van der Waals surface area contributed by atoms with Crippen LogP contribution in [0.1, 0.15) is 37.8 Å². The molecule has 0 amide bonds. The first kappa shape index (κ1) is 11.4. The van der Waals surface area contributed by atoms with E-state index in [1.54, 1.807) is 0 Å². The van der Waals surface area contributed by atoms with E-state index in [1.165, 1.54) is 18.4 Å². The molecule has 0 radical (unpaired) electrons. The second-order valence-corrected chi connectivity index (χ2v) is 5.26. The van der Waals surface area contributed by atoms with Crippen molar-refractivity contribution >= 4 is 5.82 Å². The predicted octanol–water partition coefficient (Wildman–Crippen LogP) is 2.23. The first-order valence-corrected chi connectivity index (χ1v) is 5.98. The third-order valence-electron chi connectivity index (χ3n) is 3.50. The Balaban J connectivity index is 2.34. The Morgan fingerprint density at radius 2 is 2.25 bits per heavy atom. The Hall–Kier alpha value is -1.09. The molecule has 1 aromatic rings. The van der Waals surface area contributed by atoms with Crippen molar-refractivity contribution < 1.29 is 0 Å². The summed E-state index contributed by atoms with van der Waals surface area (Å²) in [5.41, 5.74) is 8.20. The molecule has 2 rings (SSSR count). The fraction of sp³-hybridized carbons (Fsp3) is 0.615. The van der Waals surface area contributed by atoms with Gasteiger partial charge in [-0.3, -0.25) is 0 Å². The normalized spacial score (nSPS) is 19.1. The molecular formula is C13H21N3. The summed E-state index contributed by atoms with van der Waals surface area (Å²) in [6.45, 7) is 8.38. The van der Waals surface area contributed by atoms with Crippen molar-refractivity contribution in [1.29, 1.82) is 0 Å². The lowest BCUT2D eigenvalue weighted by atomic mass is 10.0. The summed E-state index contributed by atoms with van der Waals surface area (Å²) in [6.07, 6.45) is 4.40. The monoisotopic (exact) mass is 219 g/mol. The summed E-state index contributed by atoms with van der Waals surface area (Å²) < 4.78 is 0. The molecule has 2 N–H and O–H groups in total. The molecule has 1 fully saturated rings. The van der Waals surface area contributed by atoms with Gasteiger partial charge in [-0.2, -0.15) is 0 Å². The van der Waals surface area contributed by atoms with Crippen LogP contribution in [-0.2, 0) is 6.54 Å². The highest BCUT2D eigenvalue weighted by Gasteiger charge is 2.33. The summed E-state index contributed by atoms with van der Waals surface area (Å²) >= 11 is 0. The van der Waals surface area contributed by atoms with Crippen molar-refractivity contribution in [3.8, 4) is 0 Å². The second kappa shape index (κ2) is 4.06. The van der Waals surface area contributed by atoms with Crippen LogP contribution in [0.15, 0.2) is 12.3 Å². The van der Waals surface area contributed by atoms with Gasteiger partial charge < -0.3 is 10.6 Å². The minimum Gasteiger partial charge on any atom is -0.351 e. The first-order valence-electron chi connectivity index (χ1n) is 5.98. The van der Waals surface area contributed by atoms with E-state index in [-0.39, 0.29) is 5.54 Å². The average molecular weight is 219 g/mol. The van der Waals surface area contributed by atoms with Crippen LogP contribution in [0, 0.1) is 6.92 Å². The fourth-order valence-electron chi connectivity index (χ4n) is 2.52. The van der Waals surface area contributed by atoms with E-state index in [0.29, 0.717) is 6.54 Å². The van der Waals surface area contributed by atoms with Gasteiger partial charge in [-0.25, -0.2) is 4.98 Å². The first-order chi connectivity index (χ1) is 7.54. The Bertz CT molecular complexity index is 385. The zero-order chi connectivity index (χ0) is 11.8. The standard InChI is InChI=1S/C13H21N3/c1-10-7-11(8-14)9-15-12(10)16-6-4-5-13(16,2)3/h7,9H,4-6,8,14H2,1-3H3. The summed E-state index contributed by atoms with van der Waals surface area (Å²) in [4.78, 5) is 6.99. The molecule has 0 unspecified atom stereocenters. The van der Waals surface area contributed by atoms with Crippen LogP contribution >= 0.6 is 0 Å². The zero-order valence-electron chi connectivity index (χ0n) is 10.5. The molecule has 1 aliphatic rings. The molecule has 3 nitrogen and oxygen atoms in total. The second-order valence-electron chi connectivity index (χ2n) is 5.26. The van der Waals surface area contributed by atoms with Crippen molar-refractivity contribution in [1.82, 2.24) is 4.98 Å². The summed E-state index contributed by atoms with van der Waals surface area (Å²) in [5, 5.41) is 0. The van der Waals surface area contributed by atoms with Gasteiger partial charge in [0.05, 0.1) is 0 Å². The number of aryl methyl sites for hydroxylation is 1. The quantitative estimate of drug-likeness (QED) is 0.829. The van der Waals surface area contributed by atoms with Crippen LogP contribution in [0.4, 0.5) is 5.82 Å². The highest BCUT2D eigenvalue weighted by atomic mass is 15.3. The van der Waals surface area contributed by atoms with Crippen LogP contribution in [0.25, 0.3) is 0 Å². The van der Waals surface area contributed by atoms with Crippen molar-refractivity contribution in [2.45, 2.75) is 45.7 Å². The Morgan fingerprint density at radius 3 is 2.75 bits per heavy atom.